The van der Waals surface area contributed by atoms with Gasteiger partial charge in [0.2, 0.25) is 6.10 Å². The Kier molecular flexibility index (Phi) is 5.69. The molecule has 0 fully saturated rings. The number of carbonyl (C=O) groups is 2. The summed E-state index contributed by atoms with van der Waals surface area (Å²) in [4.78, 5) is 25.5. The van der Waals surface area contributed by atoms with Crippen LogP contribution >= 0.6 is 0 Å². The topological polar surface area (TPSA) is 82.3 Å². The molecule has 1 amide bonds. The van der Waals surface area contributed by atoms with Crippen LogP contribution in [0.1, 0.15) is 33.2 Å². The van der Waals surface area contributed by atoms with Gasteiger partial charge in [0.25, 0.3) is 5.91 Å². The number of nitrogens with zero attached hydrogens (tertiary/aromatic N) is 1. The highest BCUT2D eigenvalue weighted by atomic mass is 16.5. The molecule has 28 heavy (non-hydrogen) atoms. The molecular formula is C22H20N2O4. The first-order chi connectivity index (χ1) is 13.4. The number of benzene rings is 2. The fourth-order valence-electron chi connectivity index (χ4n) is 2.69. The van der Waals surface area contributed by atoms with Crippen molar-refractivity contribution in [3.8, 4) is 0 Å². The maximum atomic E-state index is 13.0. The van der Waals surface area contributed by atoms with Crippen LogP contribution in [0.2, 0.25) is 0 Å². The molecule has 0 aliphatic rings. The van der Waals surface area contributed by atoms with E-state index in [4.69, 9.17) is 4.74 Å². The van der Waals surface area contributed by atoms with Crippen molar-refractivity contribution in [1.82, 2.24) is 0 Å². The molecule has 0 unspecified atom stereocenters. The van der Waals surface area contributed by atoms with Crippen LogP contribution in [0.4, 0.5) is 5.69 Å². The number of hydrogen-bond acceptors (Lipinski definition) is 4. The highest BCUT2D eigenvalue weighted by Gasteiger charge is 2.26. The zero-order valence-electron chi connectivity index (χ0n) is 15.6. The van der Waals surface area contributed by atoms with Crippen LogP contribution in [0.15, 0.2) is 73.1 Å². The number of esters is 1. The molecule has 0 bridgehead atoms. The molecule has 6 nitrogen and oxygen atoms in total. The SMILES string of the molecule is Cc1ccc(C)c(NC(=O)[C@H](OC(=O)c2cc[n+]([O-])cc2)c2ccccc2)c1. The Labute approximate surface area is 163 Å². The monoisotopic (exact) mass is 376 g/mol. The van der Waals surface area contributed by atoms with Gasteiger partial charge in [-0.2, -0.15) is 4.73 Å². The summed E-state index contributed by atoms with van der Waals surface area (Å²) in [6, 6.07) is 17.2. The van der Waals surface area contributed by atoms with Crippen LogP contribution in [0.5, 0.6) is 0 Å². The first-order valence-corrected chi connectivity index (χ1v) is 8.77. The molecule has 0 saturated carbocycles. The molecule has 0 aliphatic carbocycles. The molecule has 3 aromatic rings. The van der Waals surface area contributed by atoms with Crippen molar-refractivity contribution in [2.24, 2.45) is 0 Å². The Morgan fingerprint density at radius 3 is 2.36 bits per heavy atom. The first kappa shape index (κ1) is 19.1. The molecule has 142 valence electrons. The van der Waals surface area contributed by atoms with E-state index in [0.29, 0.717) is 16.0 Å². The van der Waals surface area contributed by atoms with E-state index in [1.807, 2.05) is 38.1 Å². The second kappa shape index (κ2) is 8.35. The normalized spacial score (nSPS) is 11.5. The van der Waals surface area contributed by atoms with Crippen LogP contribution in [0.3, 0.4) is 0 Å². The quantitative estimate of drug-likeness (QED) is 0.420. The van der Waals surface area contributed by atoms with Gasteiger partial charge in [0.05, 0.1) is 5.56 Å². The molecule has 0 radical (unpaired) electrons. The van der Waals surface area contributed by atoms with Crippen molar-refractivity contribution in [2.45, 2.75) is 20.0 Å². The van der Waals surface area contributed by atoms with Gasteiger partial charge in [-0.25, -0.2) is 4.79 Å². The van der Waals surface area contributed by atoms with E-state index in [0.717, 1.165) is 11.1 Å². The van der Waals surface area contributed by atoms with Crippen LogP contribution in [-0.4, -0.2) is 11.9 Å². The van der Waals surface area contributed by atoms with E-state index in [9.17, 15) is 14.8 Å². The van der Waals surface area contributed by atoms with Crippen LogP contribution in [-0.2, 0) is 9.53 Å². The lowest BCUT2D eigenvalue weighted by Crippen LogP contribution is -2.27. The number of ether oxygens (including phenoxy) is 1. The van der Waals surface area contributed by atoms with Crippen LogP contribution in [0.25, 0.3) is 0 Å². The third-order valence-corrected chi connectivity index (χ3v) is 4.25. The summed E-state index contributed by atoms with van der Waals surface area (Å²) in [5, 5.41) is 14.0. The van der Waals surface area contributed by atoms with E-state index in [2.05, 4.69) is 5.32 Å². The van der Waals surface area contributed by atoms with Crippen molar-refractivity contribution in [1.29, 1.82) is 0 Å². The Bertz CT molecular complexity index is 985. The van der Waals surface area contributed by atoms with Crippen LogP contribution in [0, 0.1) is 19.1 Å². The van der Waals surface area contributed by atoms with E-state index >= 15 is 0 Å². The Hall–Kier alpha value is -3.67. The standard InChI is InChI=1S/C22H20N2O4/c1-15-8-9-16(2)19(14-15)23-21(25)20(17-6-4-3-5-7-17)28-22(26)18-10-12-24(27)13-11-18/h3-14,20H,1-2H3,(H,23,25)/t20-/m1/s1. The first-order valence-electron chi connectivity index (χ1n) is 8.77. The van der Waals surface area contributed by atoms with E-state index < -0.39 is 18.0 Å². The molecule has 1 aromatic heterocycles. The fourth-order valence-corrected chi connectivity index (χ4v) is 2.69. The number of rotatable bonds is 5. The second-order valence-electron chi connectivity index (χ2n) is 6.45. The number of anilines is 1. The predicted octanol–water partition coefficient (Wildman–Crippen LogP) is 3.47. The fraction of sp³-hybridized carbons (Fsp3) is 0.136. The van der Waals surface area contributed by atoms with Gasteiger partial charge in [-0.1, -0.05) is 42.5 Å². The minimum atomic E-state index is -1.13. The van der Waals surface area contributed by atoms with Gasteiger partial charge in [-0.15, -0.1) is 0 Å². The van der Waals surface area contributed by atoms with E-state index in [-0.39, 0.29) is 5.56 Å². The summed E-state index contributed by atoms with van der Waals surface area (Å²) >= 11 is 0. The summed E-state index contributed by atoms with van der Waals surface area (Å²) in [5.41, 5.74) is 3.31. The zero-order chi connectivity index (χ0) is 20.1. The van der Waals surface area contributed by atoms with Gasteiger partial charge in [-0.3, -0.25) is 4.79 Å². The second-order valence-corrected chi connectivity index (χ2v) is 6.45. The number of nitrogens with one attached hydrogen (secondary N) is 1. The number of amides is 1. The molecule has 3 rings (SSSR count). The zero-order valence-corrected chi connectivity index (χ0v) is 15.6. The van der Waals surface area contributed by atoms with Crippen molar-refractivity contribution >= 4 is 17.6 Å². The Morgan fingerprint density at radius 2 is 1.68 bits per heavy atom. The average molecular weight is 376 g/mol. The van der Waals surface area contributed by atoms with E-state index in [1.54, 1.807) is 24.3 Å². The molecule has 6 heteroatoms. The summed E-state index contributed by atoms with van der Waals surface area (Å²) in [5.74, 6) is -1.14. The minimum Gasteiger partial charge on any atom is -0.619 e. The summed E-state index contributed by atoms with van der Waals surface area (Å²) < 4.78 is 6.07. The lowest BCUT2D eigenvalue weighted by molar-refractivity contribution is -0.605. The van der Waals surface area contributed by atoms with Gasteiger partial charge >= 0.3 is 5.97 Å². The highest BCUT2D eigenvalue weighted by Crippen LogP contribution is 2.23. The molecule has 2 aromatic carbocycles. The summed E-state index contributed by atoms with van der Waals surface area (Å²) in [6.07, 6.45) is 1.27. The number of carbonyl (C=O) groups excluding carboxylic acids is 2. The lowest BCUT2D eigenvalue weighted by atomic mass is 10.1. The number of hydrogen-bond donors (Lipinski definition) is 1. The Morgan fingerprint density at radius 1 is 1.00 bits per heavy atom. The molecule has 1 heterocycles. The maximum absolute atomic E-state index is 13.0. The molecule has 1 N–H and O–H groups in total. The number of aryl methyl sites for hydroxylation is 2. The largest absolute Gasteiger partial charge is 0.619 e. The predicted molar refractivity (Wildman–Crippen MR) is 105 cm³/mol. The van der Waals surface area contributed by atoms with Crippen molar-refractivity contribution in [3.05, 3.63) is 101 Å². The molecule has 0 spiro atoms. The number of pyridine rings is 1. The van der Waals surface area contributed by atoms with Gasteiger partial charge in [-0.05, 0) is 31.0 Å². The molecule has 0 aliphatic heterocycles. The van der Waals surface area contributed by atoms with Gasteiger partial charge in [0.1, 0.15) is 0 Å². The Balaban J connectivity index is 1.86. The summed E-state index contributed by atoms with van der Waals surface area (Å²) in [6.45, 7) is 3.82. The molecular weight excluding hydrogens is 356 g/mol. The minimum absolute atomic E-state index is 0.188. The third-order valence-electron chi connectivity index (χ3n) is 4.25. The van der Waals surface area contributed by atoms with Gasteiger partial charge in [0, 0.05) is 23.4 Å². The summed E-state index contributed by atoms with van der Waals surface area (Å²) in [7, 11) is 0. The van der Waals surface area contributed by atoms with Crippen molar-refractivity contribution in [2.75, 3.05) is 5.32 Å². The smallest absolute Gasteiger partial charge is 0.339 e. The maximum Gasteiger partial charge on any atom is 0.339 e. The third kappa shape index (κ3) is 4.54. The van der Waals surface area contributed by atoms with E-state index in [1.165, 1.54) is 24.5 Å². The number of aromatic nitrogens is 1. The molecule has 0 saturated heterocycles. The lowest BCUT2D eigenvalue weighted by Gasteiger charge is -2.19. The van der Waals surface area contributed by atoms with Gasteiger partial charge < -0.3 is 15.3 Å². The molecule has 1 atom stereocenters. The van der Waals surface area contributed by atoms with Crippen molar-refractivity contribution < 1.29 is 19.1 Å². The van der Waals surface area contributed by atoms with Gasteiger partial charge in [0.15, 0.2) is 12.4 Å². The van der Waals surface area contributed by atoms with Crippen LogP contribution < -0.4 is 10.0 Å². The highest BCUT2D eigenvalue weighted by molar-refractivity contribution is 5.98. The average Bonchev–Trinajstić information content (AvgIpc) is 2.70. The van der Waals surface area contributed by atoms with Crippen molar-refractivity contribution in [3.63, 3.8) is 0 Å².